The first kappa shape index (κ1) is 14.4. The fourth-order valence-electron chi connectivity index (χ4n) is 2.35. The van der Waals surface area contributed by atoms with Crippen molar-refractivity contribution < 1.29 is 4.79 Å². The zero-order valence-electron chi connectivity index (χ0n) is 11.8. The van der Waals surface area contributed by atoms with Crippen molar-refractivity contribution in [1.82, 2.24) is 4.90 Å². The van der Waals surface area contributed by atoms with Gasteiger partial charge in [-0.1, -0.05) is 23.7 Å². The van der Waals surface area contributed by atoms with Gasteiger partial charge in [-0.05, 0) is 48.4 Å². The lowest BCUT2D eigenvalue weighted by atomic mass is 10.2. The minimum absolute atomic E-state index is 0.0306. The number of nitrogens with zero attached hydrogens (tertiary/aromatic N) is 1. The maximum atomic E-state index is 12.8. The molecule has 0 aliphatic heterocycles. The summed E-state index contributed by atoms with van der Waals surface area (Å²) in [6.45, 7) is 2.51. The van der Waals surface area contributed by atoms with Crippen LogP contribution in [-0.4, -0.2) is 16.8 Å². The van der Waals surface area contributed by atoms with Gasteiger partial charge in [-0.3, -0.25) is 4.79 Å². The van der Waals surface area contributed by atoms with Crippen LogP contribution in [0.5, 0.6) is 0 Å². The third-order valence-corrected chi connectivity index (χ3v) is 5.33. The molecule has 0 bridgehead atoms. The molecule has 3 rings (SSSR count). The maximum absolute atomic E-state index is 12.8. The molecule has 0 radical (unpaired) electrons. The van der Waals surface area contributed by atoms with E-state index in [0.717, 1.165) is 29.7 Å². The summed E-state index contributed by atoms with van der Waals surface area (Å²) >= 11 is 7.67. The van der Waals surface area contributed by atoms with E-state index in [-0.39, 0.29) is 5.91 Å². The number of anilines is 1. The van der Waals surface area contributed by atoms with Gasteiger partial charge in [0.05, 0.1) is 5.02 Å². The van der Waals surface area contributed by atoms with Gasteiger partial charge in [0.1, 0.15) is 4.88 Å². The first-order valence-electron chi connectivity index (χ1n) is 6.95. The van der Waals surface area contributed by atoms with E-state index >= 15 is 0 Å². The van der Waals surface area contributed by atoms with Crippen molar-refractivity contribution in [2.45, 2.75) is 32.4 Å². The minimum Gasteiger partial charge on any atom is -0.399 e. The van der Waals surface area contributed by atoms with E-state index in [4.69, 9.17) is 17.3 Å². The number of thiophene rings is 1. The van der Waals surface area contributed by atoms with Gasteiger partial charge >= 0.3 is 0 Å². The molecule has 110 valence electrons. The molecule has 3 nitrogen and oxygen atoms in total. The van der Waals surface area contributed by atoms with Gasteiger partial charge in [0.15, 0.2) is 0 Å². The highest BCUT2D eigenvalue weighted by Crippen LogP contribution is 2.34. The Hall–Kier alpha value is -1.52. The first-order valence-corrected chi connectivity index (χ1v) is 8.21. The van der Waals surface area contributed by atoms with Crippen molar-refractivity contribution in [3.8, 4) is 0 Å². The molecule has 0 saturated heterocycles. The van der Waals surface area contributed by atoms with Crippen LogP contribution in [0.4, 0.5) is 5.69 Å². The predicted octanol–water partition coefficient (Wildman–Crippen LogP) is 4.10. The number of hydrogen-bond acceptors (Lipinski definition) is 3. The van der Waals surface area contributed by atoms with E-state index in [2.05, 4.69) is 0 Å². The van der Waals surface area contributed by atoms with Crippen LogP contribution in [0.1, 0.15) is 33.6 Å². The summed E-state index contributed by atoms with van der Waals surface area (Å²) in [7, 11) is 0. The Kier molecular flexibility index (Phi) is 3.91. The van der Waals surface area contributed by atoms with E-state index < -0.39 is 0 Å². The lowest BCUT2D eigenvalue weighted by Crippen LogP contribution is -2.32. The molecule has 2 aromatic rings. The summed E-state index contributed by atoms with van der Waals surface area (Å²) in [5.41, 5.74) is 8.56. The van der Waals surface area contributed by atoms with Crippen LogP contribution in [0.3, 0.4) is 0 Å². The van der Waals surface area contributed by atoms with E-state index in [9.17, 15) is 4.79 Å². The van der Waals surface area contributed by atoms with Crippen LogP contribution in [0.25, 0.3) is 0 Å². The summed E-state index contributed by atoms with van der Waals surface area (Å²) in [6, 6.07) is 8.02. The van der Waals surface area contributed by atoms with Crippen LogP contribution < -0.4 is 5.73 Å². The highest BCUT2D eigenvalue weighted by atomic mass is 35.5. The number of benzene rings is 1. The number of halogens is 1. The standard InChI is InChI=1S/C16H17ClN2OS/c1-10-9-21-15(14(10)17)16(20)19(13-5-6-13)8-11-3-2-4-12(18)7-11/h2-4,7,9,13H,5-6,8,18H2,1H3. The molecule has 0 unspecified atom stereocenters. The molecular weight excluding hydrogens is 304 g/mol. The summed E-state index contributed by atoms with van der Waals surface area (Å²) in [5.74, 6) is 0.0306. The van der Waals surface area contributed by atoms with Gasteiger partial charge in [-0.15, -0.1) is 11.3 Å². The Labute approximate surface area is 133 Å². The third kappa shape index (κ3) is 3.06. The van der Waals surface area contributed by atoms with Crippen molar-refractivity contribution in [2.24, 2.45) is 0 Å². The third-order valence-electron chi connectivity index (χ3n) is 3.65. The normalized spacial score (nSPS) is 14.2. The molecule has 1 saturated carbocycles. The quantitative estimate of drug-likeness (QED) is 0.862. The van der Waals surface area contributed by atoms with Gasteiger partial charge in [0.25, 0.3) is 5.91 Å². The van der Waals surface area contributed by atoms with Gasteiger partial charge < -0.3 is 10.6 Å². The fourth-order valence-corrected chi connectivity index (χ4v) is 3.57. The van der Waals surface area contributed by atoms with E-state index in [1.807, 2.05) is 41.5 Å². The van der Waals surface area contributed by atoms with Gasteiger partial charge in [-0.25, -0.2) is 0 Å². The van der Waals surface area contributed by atoms with E-state index in [1.54, 1.807) is 0 Å². The topological polar surface area (TPSA) is 46.3 Å². The SMILES string of the molecule is Cc1csc(C(=O)N(Cc2cccc(N)c2)C2CC2)c1Cl. The van der Waals surface area contributed by atoms with E-state index in [0.29, 0.717) is 22.5 Å². The number of aryl methyl sites for hydroxylation is 1. The molecule has 1 aliphatic rings. The van der Waals surface area contributed by atoms with Crippen molar-refractivity contribution in [1.29, 1.82) is 0 Å². The zero-order chi connectivity index (χ0) is 15.0. The maximum Gasteiger partial charge on any atom is 0.266 e. The van der Waals surface area contributed by atoms with Gasteiger partial charge in [0, 0.05) is 18.3 Å². The number of nitrogen functional groups attached to an aromatic ring is 1. The molecule has 1 heterocycles. The van der Waals surface area contributed by atoms with Gasteiger partial charge in [0.2, 0.25) is 0 Å². The molecule has 1 aromatic carbocycles. The average Bonchev–Trinajstić information content (AvgIpc) is 3.23. The Balaban J connectivity index is 1.85. The largest absolute Gasteiger partial charge is 0.399 e. The summed E-state index contributed by atoms with van der Waals surface area (Å²) in [4.78, 5) is 15.3. The average molecular weight is 321 g/mol. The van der Waals surface area contributed by atoms with Crippen LogP contribution in [0, 0.1) is 6.92 Å². The van der Waals surface area contributed by atoms with Crippen molar-refractivity contribution >= 4 is 34.5 Å². The second kappa shape index (κ2) is 5.70. The monoisotopic (exact) mass is 320 g/mol. The van der Waals surface area contributed by atoms with Crippen LogP contribution in [0.2, 0.25) is 5.02 Å². The summed E-state index contributed by atoms with van der Waals surface area (Å²) < 4.78 is 0. The Morgan fingerprint density at radius 2 is 2.24 bits per heavy atom. The summed E-state index contributed by atoms with van der Waals surface area (Å²) in [5, 5.41) is 2.52. The number of rotatable bonds is 4. The minimum atomic E-state index is 0.0306. The highest BCUT2D eigenvalue weighted by Gasteiger charge is 2.34. The number of carbonyl (C=O) groups excluding carboxylic acids is 1. The molecule has 0 spiro atoms. The second-order valence-corrected chi connectivity index (χ2v) is 6.73. The molecule has 1 aromatic heterocycles. The van der Waals surface area contributed by atoms with Crippen LogP contribution >= 0.6 is 22.9 Å². The van der Waals surface area contributed by atoms with Gasteiger partial charge in [-0.2, -0.15) is 0 Å². The smallest absolute Gasteiger partial charge is 0.266 e. The second-order valence-electron chi connectivity index (χ2n) is 5.47. The Morgan fingerprint density at radius 3 is 2.81 bits per heavy atom. The lowest BCUT2D eigenvalue weighted by Gasteiger charge is -2.22. The predicted molar refractivity (Wildman–Crippen MR) is 87.8 cm³/mol. The molecule has 2 N–H and O–H groups in total. The molecule has 1 aliphatic carbocycles. The first-order chi connectivity index (χ1) is 10.1. The summed E-state index contributed by atoms with van der Waals surface area (Å²) in [6.07, 6.45) is 2.13. The molecular formula is C16H17ClN2OS. The molecule has 21 heavy (non-hydrogen) atoms. The number of hydrogen-bond donors (Lipinski definition) is 1. The van der Waals surface area contributed by atoms with Crippen LogP contribution in [0.15, 0.2) is 29.6 Å². The van der Waals surface area contributed by atoms with Crippen molar-refractivity contribution in [3.63, 3.8) is 0 Å². The molecule has 1 fully saturated rings. The number of carbonyl (C=O) groups is 1. The lowest BCUT2D eigenvalue weighted by molar-refractivity contribution is 0.0735. The Morgan fingerprint density at radius 1 is 1.48 bits per heavy atom. The molecule has 5 heteroatoms. The van der Waals surface area contributed by atoms with Crippen molar-refractivity contribution in [3.05, 3.63) is 50.7 Å². The fraction of sp³-hybridized carbons (Fsp3) is 0.312. The van der Waals surface area contributed by atoms with Crippen molar-refractivity contribution in [2.75, 3.05) is 5.73 Å². The number of amides is 1. The van der Waals surface area contributed by atoms with E-state index in [1.165, 1.54) is 11.3 Å². The highest BCUT2D eigenvalue weighted by molar-refractivity contribution is 7.13. The van der Waals surface area contributed by atoms with Crippen LogP contribution in [-0.2, 0) is 6.54 Å². The molecule has 0 atom stereocenters. The molecule has 1 amide bonds. The number of nitrogens with two attached hydrogens (primary N) is 1. The Bertz CT molecular complexity index is 679. The zero-order valence-corrected chi connectivity index (χ0v) is 13.4.